The van der Waals surface area contributed by atoms with E-state index in [9.17, 15) is 4.79 Å². The van der Waals surface area contributed by atoms with Crippen molar-refractivity contribution in [2.45, 2.75) is 58.7 Å². The topological polar surface area (TPSA) is 54.0 Å². The Bertz CT molecular complexity index is 1560. The fraction of sp³-hybridized carbons (Fsp3) is 0.325. The number of hydrogen-bond donors (Lipinski definition) is 0. The third-order valence-electron chi connectivity index (χ3n) is 8.16. The zero-order chi connectivity index (χ0) is 31.4. The number of carbonyl (C=O) groups is 1. The molecule has 4 aromatic carbocycles. The van der Waals surface area contributed by atoms with Gasteiger partial charge in [0.25, 0.3) is 0 Å². The highest BCUT2D eigenvalue weighted by Crippen LogP contribution is 2.37. The minimum Gasteiger partial charge on any atom is -0.491 e. The molecule has 0 spiro atoms. The van der Waals surface area contributed by atoms with Crippen LogP contribution in [0.1, 0.15) is 71.4 Å². The van der Waals surface area contributed by atoms with Gasteiger partial charge in [0.1, 0.15) is 18.5 Å². The SMILES string of the molecule is CCOC(=O)C(Cc1ccc(OCCOC2c3ccc(CC)cc3C=Cc3ccc(CCc4ccccc4)cc32)cc1)OCC. The number of carbonyl (C=O) groups excluding carboxylic acids is 1. The molecule has 2 unspecified atom stereocenters. The summed E-state index contributed by atoms with van der Waals surface area (Å²) in [6.07, 6.45) is 7.05. The lowest BCUT2D eigenvalue weighted by Gasteiger charge is -2.22. The first kappa shape index (κ1) is 32.2. The summed E-state index contributed by atoms with van der Waals surface area (Å²) in [7, 11) is 0. The monoisotopic (exact) mass is 604 g/mol. The van der Waals surface area contributed by atoms with Crippen molar-refractivity contribution in [2.24, 2.45) is 0 Å². The molecule has 0 radical (unpaired) electrons. The molecule has 234 valence electrons. The number of esters is 1. The van der Waals surface area contributed by atoms with Gasteiger partial charge in [0, 0.05) is 13.0 Å². The normalized spacial score (nSPS) is 14.2. The Balaban J connectivity index is 1.26. The summed E-state index contributed by atoms with van der Waals surface area (Å²) in [5.41, 5.74) is 9.70. The van der Waals surface area contributed by atoms with Gasteiger partial charge in [-0.05, 0) is 89.8 Å². The largest absolute Gasteiger partial charge is 0.491 e. The number of benzene rings is 4. The molecule has 1 aliphatic rings. The summed E-state index contributed by atoms with van der Waals surface area (Å²) >= 11 is 0. The summed E-state index contributed by atoms with van der Waals surface area (Å²) in [5.74, 6) is 0.425. The van der Waals surface area contributed by atoms with E-state index in [0.29, 0.717) is 32.8 Å². The van der Waals surface area contributed by atoms with Gasteiger partial charge in [0.15, 0.2) is 6.10 Å². The predicted molar refractivity (Wildman–Crippen MR) is 181 cm³/mol. The lowest BCUT2D eigenvalue weighted by atomic mass is 9.92. The first-order chi connectivity index (χ1) is 22.1. The molecule has 0 saturated heterocycles. The summed E-state index contributed by atoms with van der Waals surface area (Å²) in [6, 6.07) is 31.9. The molecular formula is C40H44O5. The second kappa shape index (κ2) is 16.2. The van der Waals surface area contributed by atoms with E-state index < -0.39 is 6.10 Å². The van der Waals surface area contributed by atoms with E-state index >= 15 is 0 Å². The van der Waals surface area contributed by atoms with E-state index in [1.54, 1.807) is 6.92 Å². The summed E-state index contributed by atoms with van der Waals surface area (Å²) in [4.78, 5) is 12.2. The standard InChI is InChI=1S/C40H44O5/c1-4-29-17-23-36-34(26-29)20-19-33-18-14-31(13-12-30-10-8-7-9-11-30)27-37(33)39(36)45-25-24-44-35-21-15-32(16-22-35)28-38(42-5-2)40(41)43-6-3/h7-11,14-23,26-27,38-39H,4-6,12-13,24-25,28H2,1-3H3. The van der Waals surface area contributed by atoms with E-state index in [-0.39, 0.29) is 12.1 Å². The van der Waals surface area contributed by atoms with Crippen molar-refractivity contribution in [3.63, 3.8) is 0 Å². The number of aryl methyl sites for hydroxylation is 3. The maximum Gasteiger partial charge on any atom is 0.335 e. The zero-order valence-corrected chi connectivity index (χ0v) is 26.7. The lowest BCUT2D eigenvalue weighted by Crippen LogP contribution is -2.28. The van der Waals surface area contributed by atoms with Gasteiger partial charge in [0.2, 0.25) is 0 Å². The minimum absolute atomic E-state index is 0.197. The third kappa shape index (κ3) is 8.72. The average Bonchev–Trinajstić information content (AvgIpc) is 3.22. The molecule has 5 heteroatoms. The first-order valence-electron chi connectivity index (χ1n) is 16.2. The quantitative estimate of drug-likeness (QED) is 0.101. The van der Waals surface area contributed by atoms with Gasteiger partial charge in [-0.15, -0.1) is 0 Å². The summed E-state index contributed by atoms with van der Waals surface area (Å²) in [5, 5.41) is 0. The van der Waals surface area contributed by atoms with Crippen LogP contribution in [0.15, 0.2) is 91.0 Å². The molecule has 0 bridgehead atoms. The minimum atomic E-state index is -0.609. The predicted octanol–water partition coefficient (Wildman–Crippen LogP) is 8.21. The molecule has 5 rings (SSSR count). The van der Waals surface area contributed by atoms with E-state index in [2.05, 4.69) is 85.8 Å². The highest BCUT2D eigenvalue weighted by molar-refractivity contribution is 5.77. The van der Waals surface area contributed by atoms with Crippen LogP contribution in [0.3, 0.4) is 0 Å². The van der Waals surface area contributed by atoms with Crippen LogP contribution in [0.2, 0.25) is 0 Å². The average molecular weight is 605 g/mol. The van der Waals surface area contributed by atoms with Gasteiger partial charge in [-0.25, -0.2) is 4.79 Å². The summed E-state index contributed by atoms with van der Waals surface area (Å²) in [6.45, 7) is 7.50. The van der Waals surface area contributed by atoms with E-state index in [1.807, 2.05) is 31.2 Å². The Hall–Kier alpha value is -4.19. The van der Waals surface area contributed by atoms with E-state index in [0.717, 1.165) is 30.6 Å². The molecule has 0 heterocycles. The lowest BCUT2D eigenvalue weighted by molar-refractivity contribution is -0.156. The fourth-order valence-corrected chi connectivity index (χ4v) is 5.75. The fourth-order valence-electron chi connectivity index (χ4n) is 5.75. The van der Waals surface area contributed by atoms with Gasteiger partial charge in [0.05, 0.1) is 13.2 Å². The van der Waals surface area contributed by atoms with Crippen LogP contribution < -0.4 is 4.74 Å². The van der Waals surface area contributed by atoms with Crippen LogP contribution in [-0.2, 0) is 44.7 Å². The van der Waals surface area contributed by atoms with Crippen molar-refractivity contribution in [3.05, 3.63) is 136 Å². The molecule has 4 aromatic rings. The molecule has 2 atom stereocenters. The van der Waals surface area contributed by atoms with Gasteiger partial charge >= 0.3 is 5.97 Å². The number of rotatable bonds is 15. The van der Waals surface area contributed by atoms with Crippen molar-refractivity contribution in [1.29, 1.82) is 0 Å². The van der Waals surface area contributed by atoms with E-state index in [4.69, 9.17) is 18.9 Å². The van der Waals surface area contributed by atoms with Gasteiger partial charge in [-0.3, -0.25) is 0 Å². The Morgan fingerprint density at radius 1 is 0.689 bits per heavy atom. The van der Waals surface area contributed by atoms with Crippen LogP contribution >= 0.6 is 0 Å². The third-order valence-corrected chi connectivity index (χ3v) is 8.16. The molecule has 45 heavy (non-hydrogen) atoms. The van der Waals surface area contributed by atoms with Crippen molar-refractivity contribution < 1.29 is 23.7 Å². The number of hydrogen-bond acceptors (Lipinski definition) is 5. The van der Waals surface area contributed by atoms with Gasteiger partial charge in [-0.2, -0.15) is 0 Å². The molecule has 0 aliphatic heterocycles. The van der Waals surface area contributed by atoms with Crippen molar-refractivity contribution in [1.82, 2.24) is 0 Å². The molecule has 0 aromatic heterocycles. The molecule has 0 N–H and O–H groups in total. The van der Waals surface area contributed by atoms with Crippen LogP contribution in [0.5, 0.6) is 5.75 Å². The van der Waals surface area contributed by atoms with Crippen molar-refractivity contribution in [2.75, 3.05) is 26.4 Å². The van der Waals surface area contributed by atoms with Gasteiger partial charge < -0.3 is 18.9 Å². The smallest absolute Gasteiger partial charge is 0.335 e. The second-order valence-electron chi connectivity index (χ2n) is 11.2. The molecule has 5 nitrogen and oxygen atoms in total. The highest BCUT2D eigenvalue weighted by Gasteiger charge is 2.23. The molecular weight excluding hydrogens is 560 g/mol. The van der Waals surface area contributed by atoms with Gasteiger partial charge in [-0.1, -0.05) is 97.9 Å². The Morgan fingerprint density at radius 3 is 2.18 bits per heavy atom. The Morgan fingerprint density at radius 2 is 1.42 bits per heavy atom. The summed E-state index contributed by atoms with van der Waals surface area (Å²) < 4.78 is 23.5. The Labute approximate surface area is 267 Å². The maximum atomic E-state index is 12.2. The van der Waals surface area contributed by atoms with E-state index in [1.165, 1.54) is 38.9 Å². The molecule has 1 aliphatic carbocycles. The Kier molecular flexibility index (Phi) is 11.6. The highest BCUT2D eigenvalue weighted by atomic mass is 16.6. The van der Waals surface area contributed by atoms with Crippen LogP contribution in [-0.4, -0.2) is 38.5 Å². The maximum absolute atomic E-state index is 12.2. The van der Waals surface area contributed by atoms with Crippen molar-refractivity contribution in [3.8, 4) is 5.75 Å². The first-order valence-corrected chi connectivity index (χ1v) is 16.2. The van der Waals surface area contributed by atoms with Crippen LogP contribution in [0.4, 0.5) is 0 Å². The second-order valence-corrected chi connectivity index (χ2v) is 11.2. The molecule has 0 fully saturated rings. The molecule has 0 saturated carbocycles. The zero-order valence-electron chi connectivity index (χ0n) is 26.7. The number of fused-ring (bicyclic) bond motifs is 2. The molecule has 0 amide bonds. The number of ether oxygens (including phenoxy) is 4. The van der Waals surface area contributed by atoms with Crippen LogP contribution in [0.25, 0.3) is 12.2 Å². The van der Waals surface area contributed by atoms with Crippen LogP contribution in [0, 0.1) is 0 Å². The van der Waals surface area contributed by atoms with Crippen molar-refractivity contribution >= 4 is 18.1 Å².